The molecule has 0 bridgehead atoms. The van der Waals surface area contributed by atoms with E-state index in [9.17, 15) is 5.26 Å². The van der Waals surface area contributed by atoms with Crippen LogP contribution in [-0.2, 0) is 6.42 Å². The molecule has 0 spiro atoms. The molecule has 1 aliphatic heterocycles. The van der Waals surface area contributed by atoms with E-state index in [0.717, 1.165) is 24.2 Å². The highest BCUT2D eigenvalue weighted by molar-refractivity contribution is 6.30. The average molecular weight is 298 g/mol. The summed E-state index contributed by atoms with van der Waals surface area (Å²) < 4.78 is 0. The van der Waals surface area contributed by atoms with Gasteiger partial charge >= 0.3 is 0 Å². The minimum absolute atomic E-state index is 0.375. The molecule has 1 unspecified atom stereocenters. The molecular weight excluding hydrogens is 282 g/mol. The van der Waals surface area contributed by atoms with Crippen molar-refractivity contribution in [3.63, 3.8) is 0 Å². The van der Waals surface area contributed by atoms with Crippen LogP contribution in [0.15, 0.2) is 42.5 Å². The Morgan fingerprint density at radius 1 is 1.29 bits per heavy atom. The smallest absolute Gasteiger partial charge is 0.140 e. The Hall–Kier alpha value is -2.18. The summed E-state index contributed by atoms with van der Waals surface area (Å²) in [4.78, 5) is 2.24. The van der Waals surface area contributed by atoms with Gasteiger partial charge in [0.15, 0.2) is 0 Å². The number of fused-ring (bicyclic) bond motifs is 1. The van der Waals surface area contributed by atoms with Crippen molar-refractivity contribution < 1.29 is 0 Å². The first-order chi connectivity index (χ1) is 10.2. The first kappa shape index (κ1) is 13.8. The minimum atomic E-state index is -0.375. The molecular formula is C17H16ClN3. The van der Waals surface area contributed by atoms with Crippen molar-refractivity contribution in [2.75, 3.05) is 23.8 Å². The summed E-state index contributed by atoms with van der Waals surface area (Å²) in [5.41, 5.74) is 4.42. The number of likely N-dealkylation sites (N-methyl/N-ethyl adjacent to an activating group) is 1. The lowest BCUT2D eigenvalue weighted by atomic mass is 10.0. The molecule has 4 heteroatoms. The Balaban J connectivity index is 1.86. The third kappa shape index (κ3) is 2.81. The van der Waals surface area contributed by atoms with Crippen molar-refractivity contribution in [1.29, 1.82) is 5.26 Å². The van der Waals surface area contributed by atoms with E-state index in [0.29, 0.717) is 5.02 Å². The van der Waals surface area contributed by atoms with Crippen molar-refractivity contribution in [2.45, 2.75) is 12.5 Å². The molecule has 0 saturated carbocycles. The van der Waals surface area contributed by atoms with Crippen LogP contribution in [0, 0.1) is 11.3 Å². The second-order valence-corrected chi connectivity index (χ2v) is 5.71. The van der Waals surface area contributed by atoms with Gasteiger partial charge in [-0.25, -0.2) is 0 Å². The molecule has 3 nitrogen and oxygen atoms in total. The predicted molar refractivity (Wildman–Crippen MR) is 86.8 cm³/mol. The second kappa shape index (κ2) is 5.67. The van der Waals surface area contributed by atoms with Crippen LogP contribution in [0.4, 0.5) is 11.4 Å². The zero-order valence-corrected chi connectivity index (χ0v) is 12.6. The van der Waals surface area contributed by atoms with E-state index in [1.165, 1.54) is 11.3 Å². The molecule has 2 aromatic carbocycles. The number of nitrogens with one attached hydrogen (secondary N) is 1. The van der Waals surface area contributed by atoms with Gasteiger partial charge < -0.3 is 10.2 Å². The van der Waals surface area contributed by atoms with Gasteiger partial charge in [-0.2, -0.15) is 5.26 Å². The summed E-state index contributed by atoms with van der Waals surface area (Å²) >= 11 is 5.98. The number of hydrogen-bond acceptors (Lipinski definition) is 3. The normalized spacial score (nSPS) is 14.4. The van der Waals surface area contributed by atoms with E-state index in [2.05, 4.69) is 35.5 Å². The fourth-order valence-electron chi connectivity index (χ4n) is 2.70. The predicted octanol–water partition coefficient (Wildman–Crippen LogP) is 4.01. The van der Waals surface area contributed by atoms with Gasteiger partial charge in [-0.15, -0.1) is 0 Å². The first-order valence-corrected chi connectivity index (χ1v) is 7.31. The van der Waals surface area contributed by atoms with E-state index >= 15 is 0 Å². The van der Waals surface area contributed by atoms with Gasteiger partial charge in [-0.05, 0) is 41.8 Å². The molecule has 0 aliphatic carbocycles. The molecule has 3 rings (SSSR count). The van der Waals surface area contributed by atoms with Crippen LogP contribution >= 0.6 is 11.6 Å². The Morgan fingerprint density at radius 3 is 2.90 bits per heavy atom. The molecule has 106 valence electrons. The molecule has 21 heavy (non-hydrogen) atoms. The zero-order valence-electron chi connectivity index (χ0n) is 11.8. The minimum Gasteiger partial charge on any atom is -0.374 e. The van der Waals surface area contributed by atoms with Gasteiger partial charge in [0.1, 0.15) is 6.04 Å². The number of nitrogens with zero attached hydrogens (tertiary/aromatic N) is 2. The zero-order chi connectivity index (χ0) is 14.8. The van der Waals surface area contributed by atoms with E-state index < -0.39 is 0 Å². The van der Waals surface area contributed by atoms with Gasteiger partial charge in [0.25, 0.3) is 0 Å². The molecule has 0 fully saturated rings. The van der Waals surface area contributed by atoms with Crippen molar-refractivity contribution in [1.82, 2.24) is 0 Å². The molecule has 1 atom stereocenters. The maximum absolute atomic E-state index is 9.45. The monoisotopic (exact) mass is 297 g/mol. The number of halogens is 1. The van der Waals surface area contributed by atoms with Crippen LogP contribution in [0.25, 0.3) is 0 Å². The Morgan fingerprint density at radius 2 is 2.14 bits per heavy atom. The summed E-state index contributed by atoms with van der Waals surface area (Å²) in [5.74, 6) is 0. The molecule has 0 saturated heterocycles. The van der Waals surface area contributed by atoms with E-state index in [1.54, 1.807) is 0 Å². The highest BCUT2D eigenvalue weighted by atomic mass is 35.5. The lowest BCUT2D eigenvalue weighted by Gasteiger charge is -2.16. The lowest BCUT2D eigenvalue weighted by molar-refractivity contribution is 0.954. The van der Waals surface area contributed by atoms with Gasteiger partial charge in [-0.1, -0.05) is 29.8 Å². The third-order valence-corrected chi connectivity index (χ3v) is 4.06. The SMILES string of the molecule is CN1CCc2cc(C(C#N)Nc3cccc(Cl)c3)ccc21. The van der Waals surface area contributed by atoms with Gasteiger partial charge in [-0.3, -0.25) is 0 Å². The number of nitriles is 1. The molecule has 0 amide bonds. The van der Waals surface area contributed by atoms with Crippen molar-refractivity contribution in [3.8, 4) is 6.07 Å². The van der Waals surface area contributed by atoms with Crippen LogP contribution < -0.4 is 10.2 Å². The number of benzene rings is 2. The molecule has 0 radical (unpaired) electrons. The van der Waals surface area contributed by atoms with Crippen LogP contribution in [-0.4, -0.2) is 13.6 Å². The average Bonchev–Trinajstić information content (AvgIpc) is 2.86. The maximum atomic E-state index is 9.45. The summed E-state index contributed by atoms with van der Waals surface area (Å²) in [5, 5.41) is 13.3. The molecule has 2 aromatic rings. The fraction of sp³-hybridized carbons (Fsp3) is 0.235. The molecule has 0 aromatic heterocycles. The van der Waals surface area contributed by atoms with Crippen molar-refractivity contribution in [2.24, 2.45) is 0 Å². The highest BCUT2D eigenvalue weighted by Gasteiger charge is 2.18. The quantitative estimate of drug-likeness (QED) is 0.930. The molecule has 1 N–H and O–H groups in total. The van der Waals surface area contributed by atoms with Crippen LogP contribution in [0.1, 0.15) is 17.2 Å². The number of anilines is 2. The van der Waals surface area contributed by atoms with Crippen molar-refractivity contribution in [3.05, 3.63) is 58.6 Å². The van der Waals surface area contributed by atoms with Gasteiger partial charge in [0, 0.05) is 30.0 Å². The first-order valence-electron chi connectivity index (χ1n) is 6.93. The van der Waals surface area contributed by atoms with Crippen LogP contribution in [0.3, 0.4) is 0 Å². The van der Waals surface area contributed by atoms with Gasteiger partial charge in [0.2, 0.25) is 0 Å². The molecule has 1 aliphatic rings. The largest absolute Gasteiger partial charge is 0.374 e. The van der Waals surface area contributed by atoms with E-state index in [4.69, 9.17) is 11.6 Å². The highest BCUT2D eigenvalue weighted by Crippen LogP contribution is 2.30. The van der Waals surface area contributed by atoms with E-state index in [-0.39, 0.29) is 6.04 Å². The Bertz CT molecular complexity index is 705. The molecule has 1 heterocycles. The Kier molecular flexibility index (Phi) is 3.72. The van der Waals surface area contributed by atoms with Gasteiger partial charge in [0.05, 0.1) is 6.07 Å². The topological polar surface area (TPSA) is 39.1 Å². The van der Waals surface area contributed by atoms with Crippen molar-refractivity contribution >= 4 is 23.0 Å². The fourth-order valence-corrected chi connectivity index (χ4v) is 2.89. The van der Waals surface area contributed by atoms with Crippen LogP contribution in [0.2, 0.25) is 5.02 Å². The van der Waals surface area contributed by atoms with E-state index in [1.807, 2.05) is 30.3 Å². The standard InChI is InChI=1S/C17H16ClN3/c1-21-8-7-13-9-12(5-6-17(13)21)16(11-19)20-15-4-2-3-14(18)10-15/h2-6,9-10,16,20H,7-8H2,1H3. The lowest BCUT2D eigenvalue weighted by Crippen LogP contribution is -2.12. The summed E-state index contributed by atoms with van der Waals surface area (Å²) in [6.45, 7) is 1.04. The number of hydrogen-bond donors (Lipinski definition) is 1. The maximum Gasteiger partial charge on any atom is 0.140 e. The third-order valence-electron chi connectivity index (χ3n) is 3.83. The summed E-state index contributed by atoms with van der Waals surface area (Å²) in [7, 11) is 2.09. The second-order valence-electron chi connectivity index (χ2n) is 5.28. The summed E-state index contributed by atoms with van der Waals surface area (Å²) in [6, 6.07) is 15.6. The van der Waals surface area contributed by atoms with Crippen LogP contribution in [0.5, 0.6) is 0 Å². The number of rotatable bonds is 3. The Labute approximate surface area is 129 Å². The summed E-state index contributed by atoms with van der Waals surface area (Å²) in [6.07, 6.45) is 1.04.